The van der Waals surface area contributed by atoms with E-state index in [2.05, 4.69) is 10.4 Å². The topological polar surface area (TPSA) is 73.2 Å². The van der Waals surface area contributed by atoms with E-state index in [-0.39, 0.29) is 5.91 Å². The van der Waals surface area contributed by atoms with Crippen LogP contribution in [0.3, 0.4) is 0 Å². The molecular weight excluding hydrogens is 390 g/mol. The highest BCUT2D eigenvalue weighted by molar-refractivity contribution is 6.08. The van der Waals surface area contributed by atoms with Crippen molar-refractivity contribution < 1.29 is 14.3 Å². The van der Waals surface area contributed by atoms with Crippen LogP contribution in [0, 0.1) is 0 Å². The minimum absolute atomic E-state index is 0.220. The molecule has 3 aromatic carbocycles. The summed E-state index contributed by atoms with van der Waals surface area (Å²) >= 11 is 0. The van der Waals surface area contributed by atoms with E-state index in [0.29, 0.717) is 23.4 Å². The van der Waals surface area contributed by atoms with Gasteiger partial charge in [0.1, 0.15) is 0 Å². The number of amides is 1. The molecule has 0 fully saturated rings. The maximum atomic E-state index is 12.9. The van der Waals surface area contributed by atoms with Crippen molar-refractivity contribution in [3.8, 4) is 11.1 Å². The number of hydrogen-bond acceptors (Lipinski definition) is 4. The van der Waals surface area contributed by atoms with Gasteiger partial charge in [0.2, 0.25) is 0 Å². The average Bonchev–Trinajstić information content (AvgIpc) is 3.32. The fourth-order valence-electron chi connectivity index (χ4n) is 3.31. The second-order valence-electron chi connectivity index (χ2n) is 6.97. The van der Waals surface area contributed by atoms with Gasteiger partial charge >= 0.3 is 5.97 Å². The van der Waals surface area contributed by atoms with Gasteiger partial charge < -0.3 is 10.1 Å². The van der Waals surface area contributed by atoms with E-state index in [1.54, 1.807) is 36.5 Å². The zero-order valence-corrected chi connectivity index (χ0v) is 17.0. The lowest BCUT2D eigenvalue weighted by atomic mass is 9.98. The molecule has 154 valence electrons. The van der Waals surface area contributed by atoms with Gasteiger partial charge in [-0.05, 0) is 53.1 Å². The molecule has 0 aliphatic carbocycles. The molecule has 0 atom stereocenters. The van der Waals surface area contributed by atoms with E-state index in [1.165, 1.54) is 7.11 Å². The van der Waals surface area contributed by atoms with Gasteiger partial charge in [0.15, 0.2) is 0 Å². The lowest BCUT2D eigenvalue weighted by Crippen LogP contribution is -2.13. The third-order valence-electron chi connectivity index (χ3n) is 4.90. The molecule has 4 aromatic rings. The summed E-state index contributed by atoms with van der Waals surface area (Å²) in [7, 11) is 1.33. The Hall–Kier alpha value is -4.19. The molecule has 0 radical (unpaired) electrons. The summed E-state index contributed by atoms with van der Waals surface area (Å²) in [6.07, 6.45) is 3.68. The van der Waals surface area contributed by atoms with Gasteiger partial charge in [0, 0.05) is 23.6 Å². The number of carbonyl (C=O) groups excluding carboxylic acids is 2. The molecule has 0 aliphatic heterocycles. The number of nitrogens with zero attached hydrogens (tertiary/aromatic N) is 2. The van der Waals surface area contributed by atoms with Crippen LogP contribution in [-0.2, 0) is 11.3 Å². The molecule has 0 saturated heterocycles. The van der Waals surface area contributed by atoms with Crippen molar-refractivity contribution >= 4 is 17.6 Å². The first kappa shape index (κ1) is 20.1. The molecule has 0 saturated carbocycles. The van der Waals surface area contributed by atoms with E-state index in [1.807, 2.05) is 59.4 Å². The fourth-order valence-corrected chi connectivity index (χ4v) is 3.31. The van der Waals surface area contributed by atoms with E-state index in [9.17, 15) is 9.59 Å². The molecule has 1 amide bonds. The van der Waals surface area contributed by atoms with Crippen LogP contribution in [0.2, 0.25) is 0 Å². The van der Waals surface area contributed by atoms with Gasteiger partial charge in [0.25, 0.3) is 5.91 Å². The van der Waals surface area contributed by atoms with Crippen LogP contribution >= 0.6 is 0 Å². The molecule has 1 aromatic heterocycles. The monoisotopic (exact) mass is 411 g/mol. The quantitative estimate of drug-likeness (QED) is 0.469. The standard InChI is InChI=1S/C25H21N3O3/c1-31-25(30)20-11-13-21(14-12-20)27-24(29)23-6-3-2-5-22(23)19-9-7-18(8-10-19)17-28-16-4-15-26-28/h2-16H,17H2,1H3,(H,27,29). The van der Waals surface area contributed by atoms with Crippen molar-refractivity contribution in [1.82, 2.24) is 9.78 Å². The van der Waals surface area contributed by atoms with Gasteiger partial charge in [-0.3, -0.25) is 9.48 Å². The fraction of sp³-hybridized carbons (Fsp3) is 0.0800. The number of nitrogens with one attached hydrogen (secondary N) is 1. The van der Waals surface area contributed by atoms with Crippen molar-refractivity contribution in [2.75, 3.05) is 12.4 Å². The van der Waals surface area contributed by atoms with Crippen molar-refractivity contribution in [2.45, 2.75) is 6.54 Å². The third kappa shape index (κ3) is 4.70. The molecule has 4 rings (SSSR count). The Kier molecular flexibility index (Phi) is 5.89. The first-order valence-electron chi connectivity index (χ1n) is 9.79. The van der Waals surface area contributed by atoms with E-state index in [4.69, 9.17) is 4.74 Å². The number of hydrogen-bond donors (Lipinski definition) is 1. The summed E-state index contributed by atoms with van der Waals surface area (Å²) in [4.78, 5) is 24.5. The zero-order valence-electron chi connectivity index (χ0n) is 17.0. The van der Waals surface area contributed by atoms with Crippen molar-refractivity contribution in [3.05, 3.63) is 108 Å². The van der Waals surface area contributed by atoms with Crippen molar-refractivity contribution in [1.29, 1.82) is 0 Å². The second kappa shape index (κ2) is 9.09. The Labute approximate surface area is 180 Å². The summed E-state index contributed by atoms with van der Waals surface area (Å²) in [6.45, 7) is 0.691. The maximum absolute atomic E-state index is 12.9. The number of carbonyl (C=O) groups is 2. The van der Waals surface area contributed by atoms with E-state index in [0.717, 1.165) is 16.7 Å². The van der Waals surface area contributed by atoms with E-state index < -0.39 is 5.97 Å². The molecule has 1 N–H and O–H groups in total. The summed E-state index contributed by atoms with van der Waals surface area (Å²) in [5.74, 6) is -0.638. The van der Waals surface area contributed by atoms with Gasteiger partial charge in [-0.15, -0.1) is 0 Å². The predicted octanol–water partition coefficient (Wildman–Crippen LogP) is 4.64. The van der Waals surface area contributed by atoms with Crippen LogP contribution in [0.15, 0.2) is 91.3 Å². The van der Waals surface area contributed by atoms with Crippen molar-refractivity contribution in [2.24, 2.45) is 0 Å². The Morgan fingerprint density at radius 3 is 2.35 bits per heavy atom. The molecule has 6 heteroatoms. The van der Waals surface area contributed by atoms with Gasteiger partial charge in [-0.2, -0.15) is 5.10 Å². The normalized spacial score (nSPS) is 10.5. The molecule has 0 spiro atoms. The smallest absolute Gasteiger partial charge is 0.337 e. The van der Waals surface area contributed by atoms with Crippen LogP contribution in [0.1, 0.15) is 26.3 Å². The maximum Gasteiger partial charge on any atom is 0.337 e. The van der Waals surface area contributed by atoms with Crippen LogP contribution in [-0.4, -0.2) is 28.8 Å². The first-order valence-corrected chi connectivity index (χ1v) is 9.79. The van der Waals surface area contributed by atoms with Crippen LogP contribution in [0.5, 0.6) is 0 Å². The SMILES string of the molecule is COC(=O)c1ccc(NC(=O)c2ccccc2-c2ccc(Cn3cccn3)cc2)cc1. The molecule has 31 heavy (non-hydrogen) atoms. The van der Waals surface area contributed by atoms with Crippen LogP contribution in [0.25, 0.3) is 11.1 Å². The Balaban J connectivity index is 1.52. The number of rotatable bonds is 6. The van der Waals surface area contributed by atoms with Gasteiger partial charge in [-0.25, -0.2) is 4.79 Å². The summed E-state index contributed by atoms with van der Waals surface area (Å²) in [6, 6.07) is 24.1. The molecule has 0 bridgehead atoms. The zero-order chi connectivity index (χ0) is 21.6. The third-order valence-corrected chi connectivity index (χ3v) is 4.90. The Morgan fingerprint density at radius 1 is 0.935 bits per heavy atom. The Morgan fingerprint density at radius 2 is 1.68 bits per heavy atom. The number of methoxy groups -OCH3 is 1. The molecule has 0 aliphatic rings. The largest absolute Gasteiger partial charge is 0.465 e. The predicted molar refractivity (Wildman–Crippen MR) is 119 cm³/mol. The minimum atomic E-state index is -0.417. The Bertz CT molecular complexity index is 1180. The average molecular weight is 411 g/mol. The minimum Gasteiger partial charge on any atom is -0.465 e. The van der Waals surface area contributed by atoms with Crippen LogP contribution < -0.4 is 5.32 Å². The molecule has 6 nitrogen and oxygen atoms in total. The number of aromatic nitrogens is 2. The number of anilines is 1. The van der Waals surface area contributed by atoms with E-state index >= 15 is 0 Å². The van der Waals surface area contributed by atoms with Gasteiger partial charge in [-0.1, -0.05) is 42.5 Å². The summed E-state index contributed by atoms with van der Waals surface area (Å²) < 4.78 is 6.56. The number of benzene rings is 3. The lowest BCUT2D eigenvalue weighted by Gasteiger charge is -2.11. The first-order chi connectivity index (χ1) is 15.1. The highest BCUT2D eigenvalue weighted by atomic mass is 16.5. The van der Waals surface area contributed by atoms with Crippen LogP contribution in [0.4, 0.5) is 5.69 Å². The lowest BCUT2D eigenvalue weighted by molar-refractivity contribution is 0.0600. The van der Waals surface area contributed by atoms with Crippen molar-refractivity contribution in [3.63, 3.8) is 0 Å². The molecule has 1 heterocycles. The highest BCUT2D eigenvalue weighted by Gasteiger charge is 2.13. The summed E-state index contributed by atoms with van der Waals surface area (Å²) in [5.41, 5.74) is 4.52. The number of ether oxygens (including phenoxy) is 1. The number of esters is 1. The second-order valence-corrected chi connectivity index (χ2v) is 6.97. The van der Waals surface area contributed by atoms with Gasteiger partial charge in [0.05, 0.1) is 19.2 Å². The molecule has 0 unspecified atom stereocenters. The molecular formula is C25H21N3O3. The summed E-state index contributed by atoms with van der Waals surface area (Å²) in [5, 5.41) is 7.12. The highest BCUT2D eigenvalue weighted by Crippen LogP contribution is 2.25.